The van der Waals surface area contributed by atoms with Gasteiger partial charge in [-0.2, -0.15) is 4.37 Å². The number of primary amides is 1. The number of carbonyl (C=O) groups excluding carboxylic acids is 3. The van der Waals surface area contributed by atoms with E-state index in [4.69, 9.17) is 15.9 Å². The van der Waals surface area contributed by atoms with E-state index in [0.717, 1.165) is 37.2 Å². The lowest BCUT2D eigenvalue weighted by Crippen LogP contribution is -2.46. The summed E-state index contributed by atoms with van der Waals surface area (Å²) in [5, 5.41) is 3.07. The van der Waals surface area contributed by atoms with Gasteiger partial charge in [-0.05, 0) is 55.6 Å². The molecule has 9 nitrogen and oxygen atoms in total. The minimum atomic E-state index is -1.09. The normalized spacial score (nSPS) is 14.7. The van der Waals surface area contributed by atoms with E-state index in [9.17, 15) is 14.4 Å². The zero-order valence-corrected chi connectivity index (χ0v) is 18.9. The molecule has 0 bridgehead atoms. The zero-order valence-electron chi connectivity index (χ0n) is 18.1. The predicted molar refractivity (Wildman–Crippen MR) is 125 cm³/mol. The van der Waals surface area contributed by atoms with Crippen molar-refractivity contribution in [1.82, 2.24) is 9.69 Å². The Morgan fingerprint density at radius 2 is 1.85 bits per heavy atom. The van der Waals surface area contributed by atoms with E-state index < -0.39 is 17.9 Å². The third-order valence-electron chi connectivity index (χ3n) is 5.65. The molecule has 10 heteroatoms. The maximum absolute atomic E-state index is 13.8. The predicted octanol–water partition coefficient (Wildman–Crippen LogP) is 3.17. The van der Waals surface area contributed by atoms with Gasteiger partial charge in [-0.1, -0.05) is 31.0 Å². The first-order valence-corrected chi connectivity index (χ1v) is 11.4. The lowest BCUT2D eigenvalue weighted by Gasteiger charge is -2.30. The second-order valence-corrected chi connectivity index (χ2v) is 8.76. The van der Waals surface area contributed by atoms with Gasteiger partial charge in [0.1, 0.15) is 16.4 Å². The molecule has 1 aromatic carbocycles. The van der Waals surface area contributed by atoms with Gasteiger partial charge in [0.15, 0.2) is 11.7 Å². The van der Waals surface area contributed by atoms with Crippen molar-refractivity contribution in [2.45, 2.75) is 44.7 Å². The van der Waals surface area contributed by atoms with Crippen LogP contribution in [-0.2, 0) is 4.79 Å². The summed E-state index contributed by atoms with van der Waals surface area (Å²) in [7, 11) is 0. The fourth-order valence-electron chi connectivity index (χ4n) is 4.04. The molecule has 0 saturated heterocycles. The van der Waals surface area contributed by atoms with Crippen molar-refractivity contribution >= 4 is 40.6 Å². The number of nitrogens with two attached hydrogens (primary N) is 2. The molecule has 0 radical (unpaired) electrons. The van der Waals surface area contributed by atoms with Gasteiger partial charge in [0.05, 0.1) is 5.69 Å². The van der Waals surface area contributed by atoms with Gasteiger partial charge in [-0.25, -0.2) is 0 Å². The lowest BCUT2D eigenvalue weighted by molar-refractivity contribution is -0.123. The molecule has 0 spiro atoms. The number of carbonyl (C=O) groups is 3. The van der Waals surface area contributed by atoms with Crippen molar-refractivity contribution in [3.8, 4) is 0 Å². The van der Waals surface area contributed by atoms with Crippen molar-refractivity contribution in [3.05, 3.63) is 64.6 Å². The van der Waals surface area contributed by atoms with Crippen molar-refractivity contribution in [1.29, 1.82) is 0 Å². The molecule has 33 heavy (non-hydrogen) atoms. The second kappa shape index (κ2) is 9.45. The number of aryl methyl sites for hydroxylation is 1. The number of aromatic nitrogens is 1. The molecular formula is C23H25N5O4S. The minimum Gasteiger partial charge on any atom is -0.464 e. The first kappa shape index (κ1) is 22.5. The van der Waals surface area contributed by atoms with Gasteiger partial charge in [0, 0.05) is 11.7 Å². The number of anilines is 2. The molecular weight excluding hydrogens is 442 g/mol. The Morgan fingerprint density at radius 1 is 1.15 bits per heavy atom. The van der Waals surface area contributed by atoms with Crippen LogP contribution in [-0.4, -0.2) is 28.1 Å². The maximum Gasteiger partial charge on any atom is 0.273 e. The van der Waals surface area contributed by atoms with Gasteiger partial charge in [-0.15, -0.1) is 0 Å². The molecule has 1 unspecified atom stereocenters. The van der Waals surface area contributed by atoms with Gasteiger partial charge >= 0.3 is 0 Å². The van der Waals surface area contributed by atoms with E-state index in [2.05, 4.69) is 9.69 Å². The van der Waals surface area contributed by atoms with Crippen LogP contribution in [0, 0.1) is 6.92 Å². The quantitative estimate of drug-likeness (QED) is 0.487. The third kappa shape index (κ3) is 4.61. The Hall–Kier alpha value is -3.66. The summed E-state index contributed by atoms with van der Waals surface area (Å²) in [6, 6.07) is 11.1. The van der Waals surface area contributed by atoms with E-state index in [0.29, 0.717) is 17.2 Å². The van der Waals surface area contributed by atoms with Crippen LogP contribution >= 0.6 is 11.5 Å². The van der Waals surface area contributed by atoms with E-state index in [1.54, 1.807) is 43.3 Å². The van der Waals surface area contributed by atoms with Crippen molar-refractivity contribution in [2.24, 2.45) is 5.73 Å². The van der Waals surface area contributed by atoms with Crippen LogP contribution in [0.5, 0.6) is 0 Å². The Bertz CT molecular complexity index is 1170. The molecule has 4 rings (SSSR count). The van der Waals surface area contributed by atoms with Gasteiger partial charge in [-0.3, -0.25) is 19.3 Å². The molecule has 2 aromatic heterocycles. The van der Waals surface area contributed by atoms with Crippen LogP contribution in [0.15, 0.2) is 46.9 Å². The zero-order chi connectivity index (χ0) is 23.5. The standard InChI is InChI=1S/C23H25N5O4S/c1-13-11-12-16(32-13)19(22(30)26-14-7-5-6-8-14)28(15-9-3-2-4-10-15)23(31)20-17(24)18(21(25)29)27-33-20/h2-4,9-12,14,19H,5-8,24H2,1H3,(H2,25,29)(H,26,30). The molecule has 2 heterocycles. The Balaban J connectivity index is 1.81. The fraction of sp³-hybridized carbons (Fsp3) is 0.304. The number of nitrogens with zero attached hydrogens (tertiary/aromatic N) is 2. The van der Waals surface area contributed by atoms with Crippen molar-refractivity contribution in [3.63, 3.8) is 0 Å². The van der Waals surface area contributed by atoms with Gasteiger partial charge < -0.3 is 21.2 Å². The number of benzene rings is 1. The van der Waals surface area contributed by atoms with Crippen LogP contribution in [0.3, 0.4) is 0 Å². The van der Waals surface area contributed by atoms with Crippen LogP contribution in [0.2, 0.25) is 0 Å². The number of nitrogens with one attached hydrogen (secondary N) is 1. The number of hydrogen-bond acceptors (Lipinski definition) is 7. The summed E-state index contributed by atoms with van der Waals surface area (Å²) in [6.45, 7) is 1.77. The highest BCUT2D eigenvalue weighted by Crippen LogP contribution is 2.34. The van der Waals surface area contributed by atoms with Crippen molar-refractivity contribution < 1.29 is 18.8 Å². The lowest BCUT2D eigenvalue weighted by atomic mass is 10.1. The topological polar surface area (TPSA) is 145 Å². The average molecular weight is 468 g/mol. The van der Waals surface area contributed by atoms with Crippen LogP contribution in [0.4, 0.5) is 11.4 Å². The number of rotatable bonds is 7. The molecule has 172 valence electrons. The minimum absolute atomic E-state index is 0.0228. The van der Waals surface area contributed by atoms with Crippen LogP contribution in [0.1, 0.15) is 63.4 Å². The highest BCUT2D eigenvalue weighted by molar-refractivity contribution is 7.09. The summed E-state index contributed by atoms with van der Waals surface area (Å²) >= 11 is 0.769. The number of nitrogen functional groups attached to an aromatic ring is 1. The largest absolute Gasteiger partial charge is 0.464 e. The van der Waals surface area contributed by atoms with E-state index >= 15 is 0 Å². The van der Waals surface area contributed by atoms with Gasteiger partial charge in [0.25, 0.3) is 17.7 Å². The number of hydrogen-bond donors (Lipinski definition) is 3. The van der Waals surface area contributed by atoms with E-state index in [1.807, 2.05) is 6.07 Å². The molecule has 0 aliphatic heterocycles. The fourth-order valence-corrected chi connectivity index (χ4v) is 4.78. The number of furan rings is 1. The highest BCUT2D eigenvalue weighted by Gasteiger charge is 2.38. The molecule has 1 atom stereocenters. The highest BCUT2D eigenvalue weighted by atomic mass is 32.1. The van der Waals surface area contributed by atoms with Gasteiger partial charge in [0.2, 0.25) is 0 Å². The van der Waals surface area contributed by atoms with E-state index in [1.165, 1.54) is 4.90 Å². The maximum atomic E-state index is 13.8. The summed E-state index contributed by atoms with van der Waals surface area (Å²) in [5.41, 5.74) is 11.6. The third-order valence-corrected chi connectivity index (χ3v) is 6.50. The van der Waals surface area contributed by atoms with Crippen LogP contribution in [0.25, 0.3) is 0 Å². The summed E-state index contributed by atoms with van der Waals surface area (Å²) < 4.78 is 9.77. The molecule has 3 amide bonds. The first-order valence-electron chi connectivity index (χ1n) is 10.7. The molecule has 5 N–H and O–H groups in total. The SMILES string of the molecule is Cc1ccc(C(C(=O)NC2CCCC2)N(C(=O)c2snc(C(N)=O)c2N)c2ccccc2)o1. The molecule has 1 aliphatic carbocycles. The van der Waals surface area contributed by atoms with Crippen molar-refractivity contribution in [2.75, 3.05) is 10.6 Å². The Kier molecular flexibility index (Phi) is 6.45. The molecule has 3 aromatic rings. The second-order valence-electron chi connectivity index (χ2n) is 7.99. The molecule has 1 saturated carbocycles. The summed E-state index contributed by atoms with van der Waals surface area (Å²) in [4.78, 5) is 40.4. The smallest absolute Gasteiger partial charge is 0.273 e. The molecule has 1 aliphatic rings. The molecule has 1 fully saturated rings. The Morgan fingerprint density at radius 3 is 2.42 bits per heavy atom. The number of amides is 3. The first-order chi connectivity index (χ1) is 15.9. The average Bonchev–Trinajstić information content (AvgIpc) is 3.54. The van der Waals surface area contributed by atoms with E-state index in [-0.39, 0.29) is 28.2 Å². The summed E-state index contributed by atoms with van der Waals surface area (Å²) in [5.74, 6) is -0.835. The Labute approximate surface area is 194 Å². The van der Waals surface area contributed by atoms with Crippen LogP contribution < -0.4 is 21.7 Å². The summed E-state index contributed by atoms with van der Waals surface area (Å²) in [6.07, 6.45) is 3.87. The monoisotopic (exact) mass is 467 g/mol. The number of para-hydroxylation sites is 1.